The normalized spacial score (nSPS) is 23.9. The van der Waals surface area contributed by atoms with Gasteiger partial charge in [0, 0.05) is 6.54 Å². The summed E-state index contributed by atoms with van der Waals surface area (Å²) in [6.07, 6.45) is 5.47. The Hall–Kier alpha value is -1.09. The molecule has 0 spiro atoms. The Morgan fingerprint density at radius 1 is 1.37 bits per heavy atom. The highest BCUT2D eigenvalue weighted by molar-refractivity contribution is 7.71. The van der Waals surface area contributed by atoms with Gasteiger partial charge >= 0.3 is 0 Å². The van der Waals surface area contributed by atoms with Gasteiger partial charge in [-0.15, -0.1) is 0 Å². The standard InChI is InChI=1S/C16H22N2S/c1-11-4-3-5-13(8-11)10-18-15-9-12(2)6-7-14(15)17-16(18)19/h6-7,9,11,13H,3-5,8,10H2,1-2H3,(H,17,19). The third-order valence-electron chi connectivity index (χ3n) is 4.42. The highest BCUT2D eigenvalue weighted by atomic mass is 32.1. The molecule has 19 heavy (non-hydrogen) atoms. The van der Waals surface area contributed by atoms with Gasteiger partial charge in [0.2, 0.25) is 0 Å². The van der Waals surface area contributed by atoms with Crippen LogP contribution in [0.5, 0.6) is 0 Å². The predicted octanol–water partition coefficient (Wildman–Crippen LogP) is 4.83. The molecule has 1 aromatic carbocycles. The molecule has 1 heterocycles. The summed E-state index contributed by atoms with van der Waals surface area (Å²) in [4.78, 5) is 3.33. The van der Waals surface area contributed by atoms with Crippen LogP contribution in [0.2, 0.25) is 0 Å². The van der Waals surface area contributed by atoms with Crippen molar-refractivity contribution in [1.82, 2.24) is 9.55 Å². The van der Waals surface area contributed by atoms with Gasteiger partial charge in [-0.2, -0.15) is 0 Å². The number of rotatable bonds is 2. The van der Waals surface area contributed by atoms with Gasteiger partial charge in [-0.3, -0.25) is 0 Å². The minimum Gasteiger partial charge on any atom is -0.331 e. The van der Waals surface area contributed by atoms with Gasteiger partial charge < -0.3 is 9.55 Å². The van der Waals surface area contributed by atoms with E-state index in [1.807, 2.05) is 0 Å². The van der Waals surface area contributed by atoms with Crippen molar-refractivity contribution in [2.24, 2.45) is 11.8 Å². The second kappa shape index (κ2) is 5.12. The Bertz CT molecular complexity index is 638. The first-order valence-electron chi connectivity index (χ1n) is 7.32. The van der Waals surface area contributed by atoms with Crippen LogP contribution in [0.25, 0.3) is 11.0 Å². The van der Waals surface area contributed by atoms with E-state index in [4.69, 9.17) is 12.2 Å². The number of fused-ring (bicyclic) bond motifs is 1. The van der Waals surface area contributed by atoms with Gasteiger partial charge in [0.1, 0.15) is 0 Å². The molecule has 2 nitrogen and oxygen atoms in total. The zero-order chi connectivity index (χ0) is 13.4. The van der Waals surface area contributed by atoms with E-state index in [-0.39, 0.29) is 0 Å². The number of nitrogens with zero attached hydrogens (tertiary/aromatic N) is 1. The summed E-state index contributed by atoms with van der Waals surface area (Å²) in [6.45, 7) is 5.60. The smallest absolute Gasteiger partial charge is 0.178 e. The Morgan fingerprint density at radius 3 is 3.00 bits per heavy atom. The maximum Gasteiger partial charge on any atom is 0.178 e. The average Bonchev–Trinajstić information content (AvgIpc) is 2.66. The SMILES string of the molecule is Cc1ccc2[nH]c(=S)n(CC3CCCC(C)C3)c2c1. The molecule has 2 aromatic rings. The molecule has 1 fully saturated rings. The number of aryl methyl sites for hydroxylation is 1. The van der Waals surface area contributed by atoms with Crippen molar-refractivity contribution in [1.29, 1.82) is 0 Å². The van der Waals surface area contributed by atoms with Crippen LogP contribution in [0.1, 0.15) is 38.2 Å². The van der Waals surface area contributed by atoms with Crippen molar-refractivity contribution in [2.75, 3.05) is 0 Å². The van der Waals surface area contributed by atoms with Gasteiger partial charge in [0.15, 0.2) is 4.77 Å². The summed E-state index contributed by atoms with van der Waals surface area (Å²) in [7, 11) is 0. The molecule has 2 atom stereocenters. The van der Waals surface area contributed by atoms with E-state index >= 15 is 0 Å². The summed E-state index contributed by atoms with van der Waals surface area (Å²) in [5.74, 6) is 1.66. The lowest BCUT2D eigenvalue weighted by Crippen LogP contribution is -2.18. The molecule has 0 bridgehead atoms. The van der Waals surface area contributed by atoms with Crippen LogP contribution in [-0.2, 0) is 6.54 Å². The van der Waals surface area contributed by atoms with Crippen LogP contribution in [0.4, 0.5) is 0 Å². The second-order valence-electron chi connectivity index (χ2n) is 6.20. The van der Waals surface area contributed by atoms with Crippen LogP contribution in [0, 0.1) is 23.5 Å². The summed E-state index contributed by atoms with van der Waals surface area (Å²) < 4.78 is 3.18. The maximum absolute atomic E-state index is 5.50. The van der Waals surface area contributed by atoms with Gasteiger partial charge in [0.25, 0.3) is 0 Å². The van der Waals surface area contributed by atoms with Crippen LogP contribution in [0.15, 0.2) is 18.2 Å². The molecule has 102 valence electrons. The number of aromatic nitrogens is 2. The van der Waals surface area contributed by atoms with E-state index < -0.39 is 0 Å². The number of benzene rings is 1. The first-order valence-corrected chi connectivity index (χ1v) is 7.73. The molecule has 3 heteroatoms. The van der Waals surface area contributed by atoms with E-state index in [1.165, 1.54) is 42.3 Å². The Morgan fingerprint density at radius 2 is 2.21 bits per heavy atom. The quantitative estimate of drug-likeness (QED) is 0.778. The molecule has 2 unspecified atom stereocenters. The van der Waals surface area contributed by atoms with Gasteiger partial charge in [0.05, 0.1) is 11.0 Å². The molecule has 1 aromatic heterocycles. The van der Waals surface area contributed by atoms with E-state index in [9.17, 15) is 0 Å². The zero-order valence-electron chi connectivity index (χ0n) is 11.8. The molecule has 1 saturated carbocycles. The van der Waals surface area contributed by atoms with Gasteiger partial charge in [-0.1, -0.05) is 25.8 Å². The van der Waals surface area contributed by atoms with Crippen molar-refractivity contribution in [2.45, 2.75) is 46.1 Å². The molecule has 0 radical (unpaired) electrons. The fourth-order valence-corrected chi connectivity index (χ4v) is 3.71. The predicted molar refractivity (Wildman–Crippen MR) is 83.0 cm³/mol. The molecule has 1 N–H and O–H groups in total. The molecular formula is C16H22N2S. The van der Waals surface area contributed by atoms with Crippen LogP contribution >= 0.6 is 12.2 Å². The monoisotopic (exact) mass is 274 g/mol. The number of aromatic amines is 1. The maximum atomic E-state index is 5.50. The minimum absolute atomic E-state index is 0.787. The highest BCUT2D eigenvalue weighted by Crippen LogP contribution is 2.30. The topological polar surface area (TPSA) is 20.7 Å². The fourth-order valence-electron chi connectivity index (χ4n) is 3.43. The number of hydrogen-bond donors (Lipinski definition) is 1. The highest BCUT2D eigenvalue weighted by Gasteiger charge is 2.20. The summed E-state index contributed by atoms with van der Waals surface area (Å²) >= 11 is 5.50. The summed E-state index contributed by atoms with van der Waals surface area (Å²) in [5.41, 5.74) is 3.73. The van der Waals surface area contributed by atoms with Crippen LogP contribution in [-0.4, -0.2) is 9.55 Å². The first kappa shape index (κ1) is 12.9. The van der Waals surface area contributed by atoms with E-state index in [2.05, 4.69) is 41.6 Å². The third kappa shape index (κ3) is 2.62. The van der Waals surface area contributed by atoms with E-state index in [1.54, 1.807) is 0 Å². The van der Waals surface area contributed by atoms with Crippen LogP contribution < -0.4 is 0 Å². The van der Waals surface area contributed by atoms with Crippen molar-refractivity contribution in [3.8, 4) is 0 Å². The van der Waals surface area contributed by atoms with Crippen molar-refractivity contribution >= 4 is 23.3 Å². The molecule has 3 rings (SSSR count). The number of nitrogens with one attached hydrogen (secondary N) is 1. The minimum atomic E-state index is 0.787. The summed E-state index contributed by atoms with van der Waals surface area (Å²) in [6, 6.07) is 6.52. The Balaban J connectivity index is 1.93. The fraction of sp³-hybridized carbons (Fsp3) is 0.562. The van der Waals surface area contributed by atoms with Crippen molar-refractivity contribution < 1.29 is 0 Å². The lowest BCUT2D eigenvalue weighted by molar-refractivity contribution is 0.258. The van der Waals surface area contributed by atoms with Crippen molar-refractivity contribution in [3.63, 3.8) is 0 Å². The molecule has 0 amide bonds. The number of imidazole rings is 1. The third-order valence-corrected chi connectivity index (χ3v) is 4.74. The Labute approximate surface area is 119 Å². The van der Waals surface area contributed by atoms with Gasteiger partial charge in [-0.25, -0.2) is 0 Å². The Kier molecular flexibility index (Phi) is 3.48. The summed E-state index contributed by atoms with van der Waals surface area (Å²) in [5, 5.41) is 0. The molecule has 1 aliphatic carbocycles. The molecular weight excluding hydrogens is 252 g/mol. The first-order chi connectivity index (χ1) is 9.13. The van der Waals surface area contributed by atoms with Gasteiger partial charge in [-0.05, 0) is 61.5 Å². The van der Waals surface area contributed by atoms with Crippen LogP contribution in [0.3, 0.4) is 0 Å². The number of hydrogen-bond acceptors (Lipinski definition) is 1. The lowest BCUT2D eigenvalue weighted by atomic mass is 9.82. The molecule has 0 aliphatic heterocycles. The zero-order valence-corrected chi connectivity index (χ0v) is 12.6. The number of H-pyrrole nitrogens is 1. The van der Waals surface area contributed by atoms with Crippen molar-refractivity contribution in [3.05, 3.63) is 28.5 Å². The molecule has 1 aliphatic rings. The van der Waals surface area contributed by atoms with E-state index in [0.29, 0.717) is 0 Å². The largest absolute Gasteiger partial charge is 0.331 e. The lowest BCUT2D eigenvalue weighted by Gasteiger charge is -2.27. The van der Waals surface area contributed by atoms with E-state index in [0.717, 1.165) is 23.2 Å². The average molecular weight is 274 g/mol. The molecule has 0 saturated heterocycles. The second-order valence-corrected chi connectivity index (χ2v) is 6.59.